The lowest BCUT2D eigenvalue weighted by Crippen LogP contribution is -1.91. The van der Waals surface area contributed by atoms with Crippen molar-refractivity contribution in [2.75, 3.05) is 0 Å². The van der Waals surface area contributed by atoms with E-state index in [4.69, 9.17) is 5.26 Å². The van der Waals surface area contributed by atoms with E-state index in [-0.39, 0.29) is 0 Å². The standard InChI is InChI=1S/C14H12N2/c1-10-5-6-11(2)13(8-10)14-12(9-15)4-3-7-16-14/h3-8H,1-2H3. The number of nitriles is 1. The minimum Gasteiger partial charge on any atom is -0.255 e. The summed E-state index contributed by atoms with van der Waals surface area (Å²) in [4.78, 5) is 4.30. The van der Waals surface area contributed by atoms with E-state index in [1.807, 2.05) is 13.8 Å². The third kappa shape index (κ3) is 1.80. The lowest BCUT2D eigenvalue weighted by atomic mass is 9.99. The van der Waals surface area contributed by atoms with E-state index < -0.39 is 0 Å². The summed E-state index contributed by atoms with van der Waals surface area (Å²) in [6.07, 6.45) is 1.72. The molecule has 0 bridgehead atoms. The molecule has 0 amide bonds. The van der Waals surface area contributed by atoms with E-state index in [9.17, 15) is 0 Å². The maximum atomic E-state index is 9.05. The molecule has 0 unspecified atom stereocenters. The molecular formula is C14H12N2. The van der Waals surface area contributed by atoms with Crippen LogP contribution in [0.1, 0.15) is 16.7 Å². The Morgan fingerprint density at radius 3 is 2.75 bits per heavy atom. The highest BCUT2D eigenvalue weighted by molar-refractivity contribution is 5.69. The molecule has 0 saturated carbocycles. The molecule has 2 aromatic rings. The van der Waals surface area contributed by atoms with Crippen molar-refractivity contribution in [3.05, 3.63) is 53.2 Å². The summed E-state index contributed by atoms with van der Waals surface area (Å²) in [7, 11) is 0. The molecule has 0 aliphatic carbocycles. The summed E-state index contributed by atoms with van der Waals surface area (Å²) in [6.45, 7) is 4.07. The van der Waals surface area contributed by atoms with Gasteiger partial charge in [0.1, 0.15) is 6.07 Å². The van der Waals surface area contributed by atoms with Gasteiger partial charge in [0.05, 0.1) is 11.3 Å². The summed E-state index contributed by atoms with van der Waals surface area (Å²) < 4.78 is 0. The second-order valence-electron chi connectivity index (χ2n) is 3.83. The van der Waals surface area contributed by atoms with Crippen molar-refractivity contribution in [3.8, 4) is 17.3 Å². The van der Waals surface area contributed by atoms with E-state index >= 15 is 0 Å². The van der Waals surface area contributed by atoms with Crippen LogP contribution in [0.25, 0.3) is 11.3 Å². The highest BCUT2D eigenvalue weighted by Gasteiger charge is 2.08. The van der Waals surface area contributed by atoms with Gasteiger partial charge in [0.15, 0.2) is 0 Å². The summed E-state index contributed by atoms with van der Waals surface area (Å²) in [5.74, 6) is 0. The average molecular weight is 208 g/mol. The quantitative estimate of drug-likeness (QED) is 0.721. The van der Waals surface area contributed by atoms with Crippen molar-refractivity contribution in [1.82, 2.24) is 4.98 Å². The van der Waals surface area contributed by atoms with Crippen molar-refractivity contribution in [3.63, 3.8) is 0 Å². The van der Waals surface area contributed by atoms with Gasteiger partial charge < -0.3 is 0 Å². The van der Waals surface area contributed by atoms with Gasteiger partial charge in [-0.2, -0.15) is 5.26 Å². The molecule has 0 aliphatic rings. The predicted octanol–water partition coefficient (Wildman–Crippen LogP) is 3.24. The highest BCUT2D eigenvalue weighted by Crippen LogP contribution is 2.25. The van der Waals surface area contributed by atoms with E-state index in [1.165, 1.54) is 5.56 Å². The van der Waals surface area contributed by atoms with Crippen LogP contribution in [0.4, 0.5) is 0 Å². The fourth-order valence-electron chi connectivity index (χ4n) is 1.70. The first-order valence-electron chi connectivity index (χ1n) is 5.15. The van der Waals surface area contributed by atoms with Gasteiger partial charge in [-0.25, -0.2) is 0 Å². The topological polar surface area (TPSA) is 36.7 Å². The Morgan fingerprint density at radius 2 is 2.00 bits per heavy atom. The lowest BCUT2D eigenvalue weighted by Gasteiger charge is -2.07. The fraction of sp³-hybridized carbons (Fsp3) is 0.143. The molecule has 78 valence electrons. The molecule has 0 atom stereocenters. The normalized spacial score (nSPS) is 9.81. The number of rotatable bonds is 1. The smallest absolute Gasteiger partial charge is 0.101 e. The largest absolute Gasteiger partial charge is 0.255 e. The predicted molar refractivity (Wildman–Crippen MR) is 63.9 cm³/mol. The Kier molecular flexibility index (Phi) is 2.70. The summed E-state index contributed by atoms with van der Waals surface area (Å²) in [5, 5.41) is 9.05. The molecule has 0 saturated heterocycles. The number of aromatic nitrogens is 1. The average Bonchev–Trinajstić information content (AvgIpc) is 2.32. The minimum absolute atomic E-state index is 0.621. The van der Waals surface area contributed by atoms with Crippen LogP contribution in [0.5, 0.6) is 0 Å². The first kappa shape index (κ1) is 10.4. The molecule has 0 spiro atoms. The SMILES string of the molecule is Cc1ccc(C)c(-c2ncccc2C#N)c1. The third-order valence-electron chi connectivity index (χ3n) is 2.58. The van der Waals surface area contributed by atoms with E-state index in [0.717, 1.165) is 16.8 Å². The van der Waals surface area contributed by atoms with Crippen molar-refractivity contribution in [2.24, 2.45) is 0 Å². The second kappa shape index (κ2) is 4.16. The van der Waals surface area contributed by atoms with E-state index in [0.29, 0.717) is 5.56 Å². The number of pyridine rings is 1. The maximum absolute atomic E-state index is 9.05. The Labute approximate surface area is 95.2 Å². The molecule has 2 nitrogen and oxygen atoms in total. The minimum atomic E-state index is 0.621. The first-order valence-corrected chi connectivity index (χ1v) is 5.15. The molecule has 0 aliphatic heterocycles. The van der Waals surface area contributed by atoms with Crippen LogP contribution in [0.15, 0.2) is 36.5 Å². The Morgan fingerprint density at radius 1 is 1.19 bits per heavy atom. The van der Waals surface area contributed by atoms with Crippen LogP contribution in [0.2, 0.25) is 0 Å². The van der Waals surface area contributed by atoms with Gasteiger partial charge in [0.2, 0.25) is 0 Å². The summed E-state index contributed by atoms with van der Waals surface area (Å²) >= 11 is 0. The van der Waals surface area contributed by atoms with Crippen molar-refractivity contribution in [1.29, 1.82) is 5.26 Å². The van der Waals surface area contributed by atoms with E-state index in [1.54, 1.807) is 18.3 Å². The van der Waals surface area contributed by atoms with Crippen LogP contribution in [-0.4, -0.2) is 4.98 Å². The van der Waals surface area contributed by atoms with Crippen LogP contribution < -0.4 is 0 Å². The zero-order valence-electron chi connectivity index (χ0n) is 9.36. The number of benzene rings is 1. The van der Waals surface area contributed by atoms with Crippen LogP contribution >= 0.6 is 0 Å². The van der Waals surface area contributed by atoms with Gasteiger partial charge in [-0.1, -0.05) is 17.7 Å². The molecule has 0 fully saturated rings. The molecule has 1 aromatic carbocycles. The molecule has 1 heterocycles. The van der Waals surface area contributed by atoms with Gasteiger partial charge in [-0.3, -0.25) is 4.98 Å². The van der Waals surface area contributed by atoms with Gasteiger partial charge in [0.25, 0.3) is 0 Å². The molecular weight excluding hydrogens is 196 g/mol. The van der Waals surface area contributed by atoms with Crippen molar-refractivity contribution in [2.45, 2.75) is 13.8 Å². The Balaban J connectivity index is 2.68. The summed E-state index contributed by atoms with van der Waals surface area (Å²) in [5.41, 5.74) is 4.75. The molecule has 2 rings (SSSR count). The van der Waals surface area contributed by atoms with Crippen molar-refractivity contribution < 1.29 is 0 Å². The number of aryl methyl sites for hydroxylation is 2. The molecule has 16 heavy (non-hydrogen) atoms. The fourth-order valence-corrected chi connectivity index (χ4v) is 1.70. The number of hydrogen-bond acceptors (Lipinski definition) is 2. The van der Waals surface area contributed by atoms with Crippen LogP contribution in [0.3, 0.4) is 0 Å². The number of hydrogen-bond donors (Lipinski definition) is 0. The highest BCUT2D eigenvalue weighted by atomic mass is 14.7. The monoisotopic (exact) mass is 208 g/mol. The van der Waals surface area contributed by atoms with Crippen LogP contribution in [0, 0.1) is 25.2 Å². The number of nitrogens with zero attached hydrogens (tertiary/aromatic N) is 2. The Hall–Kier alpha value is -2.14. The van der Waals surface area contributed by atoms with Crippen LogP contribution in [-0.2, 0) is 0 Å². The van der Waals surface area contributed by atoms with Gasteiger partial charge in [0, 0.05) is 11.8 Å². The maximum Gasteiger partial charge on any atom is 0.101 e. The van der Waals surface area contributed by atoms with Gasteiger partial charge >= 0.3 is 0 Å². The first-order chi connectivity index (χ1) is 7.72. The zero-order valence-corrected chi connectivity index (χ0v) is 9.36. The van der Waals surface area contributed by atoms with Gasteiger partial charge in [-0.15, -0.1) is 0 Å². The Bertz CT molecular complexity index is 565. The van der Waals surface area contributed by atoms with Gasteiger partial charge in [-0.05, 0) is 37.6 Å². The molecule has 1 aromatic heterocycles. The molecule has 2 heteroatoms. The third-order valence-corrected chi connectivity index (χ3v) is 2.58. The van der Waals surface area contributed by atoms with E-state index in [2.05, 4.69) is 29.3 Å². The molecule has 0 N–H and O–H groups in total. The summed E-state index contributed by atoms with van der Waals surface area (Å²) in [6, 6.07) is 11.9. The second-order valence-corrected chi connectivity index (χ2v) is 3.83. The molecule has 0 radical (unpaired) electrons. The lowest BCUT2D eigenvalue weighted by molar-refractivity contribution is 1.27. The zero-order chi connectivity index (χ0) is 11.5. The van der Waals surface area contributed by atoms with Crippen molar-refractivity contribution >= 4 is 0 Å².